The SMILES string of the molecule is Fc1ccc([C@H]2C[C@@H](c3ccccc3)Nc3c2cccc3P(=S)(c2ccccc2)c2ccccc2)cc1. The van der Waals surface area contributed by atoms with Crippen molar-refractivity contribution < 1.29 is 4.39 Å². The van der Waals surface area contributed by atoms with Crippen molar-refractivity contribution in [2.75, 3.05) is 5.32 Å². The average molecular weight is 520 g/mol. The van der Waals surface area contributed by atoms with E-state index in [1.807, 2.05) is 30.3 Å². The molecule has 1 heterocycles. The number of benzene rings is 5. The molecule has 5 aromatic carbocycles. The van der Waals surface area contributed by atoms with Gasteiger partial charge >= 0.3 is 0 Å². The highest BCUT2D eigenvalue weighted by Crippen LogP contribution is 2.50. The van der Waals surface area contributed by atoms with Gasteiger partial charge in [-0.25, -0.2) is 4.39 Å². The molecule has 1 N–H and O–H groups in total. The fraction of sp³-hybridized carbons (Fsp3) is 0.0909. The van der Waals surface area contributed by atoms with E-state index in [-0.39, 0.29) is 17.8 Å². The van der Waals surface area contributed by atoms with Crippen molar-refractivity contribution in [3.05, 3.63) is 156 Å². The monoisotopic (exact) mass is 519 g/mol. The molecule has 1 aliphatic heterocycles. The minimum atomic E-state index is -2.37. The Morgan fingerprint density at radius 3 is 1.78 bits per heavy atom. The van der Waals surface area contributed by atoms with Crippen molar-refractivity contribution in [2.24, 2.45) is 0 Å². The highest BCUT2D eigenvalue weighted by molar-refractivity contribution is 8.25. The van der Waals surface area contributed by atoms with Gasteiger partial charge in [-0.15, -0.1) is 0 Å². The summed E-state index contributed by atoms with van der Waals surface area (Å²) in [6, 6.07) is 42.9. The summed E-state index contributed by atoms with van der Waals surface area (Å²) in [5.41, 5.74) is 4.70. The summed E-state index contributed by atoms with van der Waals surface area (Å²) in [5.74, 6) is -0.0908. The summed E-state index contributed by atoms with van der Waals surface area (Å²) in [6.07, 6.45) is 0.881. The molecule has 0 aromatic heterocycles. The van der Waals surface area contributed by atoms with E-state index in [1.54, 1.807) is 12.1 Å². The topological polar surface area (TPSA) is 12.0 Å². The third-order valence-electron chi connectivity index (χ3n) is 7.29. The van der Waals surface area contributed by atoms with E-state index in [1.165, 1.54) is 27.0 Å². The molecule has 0 spiro atoms. The van der Waals surface area contributed by atoms with Gasteiger partial charge in [0, 0.05) is 22.9 Å². The first-order valence-corrected chi connectivity index (χ1v) is 15.4. The zero-order valence-corrected chi connectivity index (χ0v) is 22.0. The van der Waals surface area contributed by atoms with Crippen LogP contribution in [0, 0.1) is 5.82 Å². The van der Waals surface area contributed by atoms with E-state index in [0.717, 1.165) is 17.7 Å². The Bertz CT molecular complexity index is 1510. The predicted octanol–water partition coefficient (Wildman–Crippen LogP) is 7.27. The molecule has 0 saturated carbocycles. The lowest BCUT2D eigenvalue weighted by Crippen LogP contribution is -2.31. The van der Waals surface area contributed by atoms with Gasteiger partial charge in [-0.2, -0.15) is 0 Å². The third kappa shape index (κ3) is 4.44. The van der Waals surface area contributed by atoms with Gasteiger partial charge in [0.1, 0.15) is 5.82 Å². The van der Waals surface area contributed by atoms with Crippen LogP contribution in [-0.4, -0.2) is 0 Å². The molecule has 6 rings (SSSR count). The predicted molar refractivity (Wildman–Crippen MR) is 158 cm³/mol. The molecule has 0 bridgehead atoms. The number of fused-ring (bicyclic) bond motifs is 1. The van der Waals surface area contributed by atoms with E-state index in [0.29, 0.717) is 0 Å². The van der Waals surface area contributed by atoms with E-state index in [9.17, 15) is 4.39 Å². The fourth-order valence-corrected chi connectivity index (χ4v) is 9.51. The Morgan fingerprint density at radius 1 is 0.622 bits per heavy atom. The van der Waals surface area contributed by atoms with Crippen molar-refractivity contribution >= 4 is 39.4 Å². The van der Waals surface area contributed by atoms with Gasteiger partial charge in [0.15, 0.2) is 0 Å². The fourth-order valence-electron chi connectivity index (χ4n) is 5.48. The van der Waals surface area contributed by atoms with Crippen LogP contribution in [0.1, 0.15) is 35.1 Å². The molecule has 182 valence electrons. The number of hydrogen-bond donors (Lipinski definition) is 1. The normalized spacial score (nSPS) is 17.0. The van der Waals surface area contributed by atoms with Crippen LogP contribution in [0.25, 0.3) is 0 Å². The molecule has 4 heteroatoms. The average Bonchev–Trinajstić information content (AvgIpc) is 2.98. The molecule has 0 saturated heterocycles. The number of para-hydroxylation sites is 1. The second-order valence-corrected chi connectivity index (χ2v) is 13.8. The molecule has 0 unspecified atom stereocenters. The smallest absolute Gasteiger partial charge is 0.123 e. The Hall–Kier alpha value is -3.52. The van der Waals surface area contributed by atoms with Gasteiger partial charge in [0.05, 0.1) is 6.04 Å². The lowest BCUT2D eigenvalue weighted by atomic mass is 9.80. The minimum Gasteiger partial charge on any atom is -0.377 e. The van der Waals surface area contributed by atoms with Gasteiger partial charge in [0.2, 0.25) is 0 Å². The zero-order valence-electron chi connectivity index (χ0n) is 20.3. The maximum atomic E-state index is 13.9. The van der Waals surface area contributed by atoms with Crippen molar-refractivity contribution in [3.63, 3.8) is 0 Å². The molecule has 1 nitrogen and oxygen atoms in total. The Labute approximate surface area is 223 Å². The van der Waals surface area contributed by atoms with Crippen LogP contribution < -0.4 is 21.2 Å². The largest absolute Gasteiger partial charge is 0.377 e. The number of halogens is 1. The molecule has 0 fully saturated rings. The molecule has 2 atom stereocenters. The quantitative estimate of drug-likeness (QED) is 0.245. The van der Waals surface area contributed by atoms with Gasteiger partial charge in [-0.3, -0.25) is 0 Å². The molecular weight excluding hydrogens is 492 g/mol. The lowest BCUT2D eigenvalue weighted by Gasteiger charge is -2.37. The maximum absolute atomic E-state index is 13.9. The Morgan fingerprint density at radius 2 is 1.19 bits per heavy atom. The van der Waals surface area contributed by atoms with E-state index < -0.39 is 6.04 Å². The zero-order chi connectivity index (χ0) is 25.2. The van der Waals surface area contributed by atoms with E-state index in [4.69, 9.17) is 11.8 Å². The van der Waals surface area contributed by atoms with Crippen LogP contribution >= 0.6 is 6.04 Å². The standard InChI is InChI=1S/C33H27FNPS/c34-26-21-19-24(20-22-26)30-23-31(25-11-4-1-5-12-25)35-33-29(30)17-10-18-32(33)36(37,27-13-6-2-7-14-27)28-15-8-3-9-16-28/h1-22,30-31,35H,23H2/t30-,31+/m1/s1. The summed E-state index contributed by atoms with van der Waals surface area (Å²) in [4.78, 5) is 0. The molecule has 5 aromatic rings. The maximum Gasteiger partial charge on any atom is 0.123 e. The minimum absolute atomic E-state index is 0.111. The number of rotatable bonds is 5. The van der Waals surface area contributed by atoms with Gasteiger partial charge < -0.3 is 5.32 Å². The second kappa shape index (κ2) is 10.1. The van der Waals surface area contributed by atoms with Crippen LogP contribution in [0.3, 0.4) is 0 Å². The second-order valence-electron chi connectivity index (χ2n) is 9.47. The van der Waals surface area contributed by atoms with E-state index in [2.05, 4.69) is 96.3 Å². The highest BCUT2D eigenvalue weighted by Gasteiger charge is 2.35. The van der Waals surface area contributed by atoms with E-state index >= 15 is 0 Å². The van der Waals surface area contributed by atoms with Crippen molar-refractivity contribution in [2.45, 2.75) is 18.4 Å². The number of anilines is 1. The summed E-state index contributed by atoms with van der Waals surface area (Å²) in [6.45, 7) is 0. The van der Waals surface area contributed by atoms with Crippen LogP contribution in [0.15, 0.2) is 133 Å². The van der Waals surface area contributed by atoms with Crippen molar-refractivity contribution in [1.29, 1.82) is 0 Å². The first-order valence-electron chi connectivity index (χ1n) is 12.6. The first-order chi connectivity index (χ1) is 18.1. The summed E-state index contributed by atoms with van der Waals surface area (Å²) >= 11 is 6.74. The molecule has 0 amide bonds. The first kappa shape index (κ1) is 23.9. The lowest BCUT2D eigenvalue weighted by molar-refractivity contribution is 0.598. The Kier molecular flexibility index (Phi) is 6.50. The summed E-state index contributed by atoms with van der Waals surface area (Å²) < 4.78 is 13.9. The van der Waals surface area contributed by atoms with Gasteiger partial charge in [-0.05, 0) is 45.9 Å². The van der Waals surface area contributed by atoms with Gasteiger partial charge in [0.25, 0.3) is 0 Å². The van der Waals surface area contributed by atoms with Gasteiger partial charge in [-0.1, -0.05) is 133 Å². The van der Waals surface area contributed by atoms with Crippen LogP contribution in [-0.2, 0) is 11.8 Å². The van der Waals surface area contributed by atoms with Crippen molar-refractivity contribution in [3.8, 4) is 0 Å². The summed E-state index contributed by atoms with van der Waals surface area (Å²) in [5, 5.41) is 7.44. The van der Waals surface area contributed by atoms with Crippen LogP contribution in [0.5, 0.6) is 0 Å². The summed E-state index contributed by atoms with van der Waals surface area (Å²) in [7, 11) is 0. The Balaban J connectivity index is 1.59. The molecule has 0 aliphatic carbocycles. The number of hydrogen-bond acceptors (Lipinski definition) is 2. The third-order valence-corrected chi connectivity index (χ3v) is 12.3. The van der Waals surface area contributed by atoms with Crippen molar-refractivity contribution in [1.82, 2.24) is 0 Å². The molecule has 37 heavy (non-hydrogen) atoms. The molecule has 0 radical (unpaired) electrons. The number of nitrogens with one attached hydrogen (secondary N) is 1. The molecule has 1 aliphatic rings. The highest BCUT2D eigenvalue weighted by atomic mass is 32.4. The molecular formula is C33H27FNPS. The van der Waals surface area contributed by atoms with Crippen LogP contribution in [0.2, 0.25) is 0 Å². The van der Waals surface area contributed by atoms with Crippen LogP contribution in [0.4, 0.5) is 10.1 Å².